The number of allylic oxidation sites excluding steroid dienone is 1. The van der Waals surface area contributed by atoms with Crippen molar-refractivity contribution in [3.63, 3.8) is 0 Å². The van der Waals surface area contributed by atoms with Gasteiger partial charge >= 0.3 is 5.97 Å². The highest BCUT2D eigenvalue weighted by atomic mass is 16.5. The van der Waals surface area contributed by atoms with Crippen molar-refractivity contribution >= 4 is 28.8 Å². The molecule has 6 heteroatoms. The van der Waals surface area contributed by atoms with E-state index in [0.717, 1.165) is 23.5 Å². The van der Waals surface area contributed by atoms with E-state index in [9.17, 15) is 9.59 Å². The van der Waals surface area contributed by atoms with Gasteiger partial charge in [0.25, 0.3) is 5.91 Å². The van der Waals surface area contributed by atoms with Gasteiger partial charge in [0, 0.05) is 23.5 Å². The quantitative estimate of drug-likeness (QED) is 0.628. The first-order valence-electron chi connectivity index (χ1n) is 8.64. The number of carbonyl (C=O) groups excluding carboxylic acids is 2. The maximum absolute atomic E-state index is 12.5. The molecule has 0 atom stereocenters. The van der Waals surface area contributed by atoms with Crippen molar-refractivity contribution in [2.24, 2.45) is 0 Å². The number of anilines is 2. The van der Waals surface area contributed by atoms with Crippen LogP contribution in [0.3, 0.4) is 0 Å². The second-order valence-electron chi connectivity index (χ2n) is 6.77. The molecule has 27 heavy (non-hydrogen) atoms. The number of methoxy groups -OCH3 is 1. The first-order valence-corrected chi connectivity index (χ1v) is 8.64. The summed E-state index contributed by atoms with van der Waals surface area (Å²) >= 11 is 0. The molecule has 1 aliphatic rings. The first kappa shape index (κ1) is 18.7. The van der Waals surface area contributed by atoms with E-state index in [1.807, 2.05) is 33.2 Å². The highest BCUT2D eigenvalue weighted by molar-refractivity contribution is 6.32. The summed E-state index contributed by atoms with van der Waals surface area (Å²) in [7, 11) is 5.39. The van der Waals surface area contributed by atoms with Crippen molar-refractivity contribution in [2.75, 3.05) is 31.8 Å². The molecule has 0 radical (unpaired) electrons. The van der Waals surface area contributed by atoms with Crippen LogP contribution >= 0.6 is 0 Å². The lowest BCUT2D eigenvalue weighted by Gasteiger charge is -2.12. The van der Waals surface area contributed by atoms with Gasteiger partial charge in [0.05, 0.1) is 23.9 Å². The van der Waals surface area contributed by atoms with E-state index < -0.39 is 5.97 Å². The molecular weight excluding hydrogens is 342 g/mol. The average molecular weight is 365 g/mol. The van der Waals surface area contributed by atoms with E-state index >= 15 is 0 Å². The predicted octanol–water partition coefficient (Wildman–Crippen LogP) is 3.33. The fourth-order valence-electron chi connectivity index (χ4n) is 3.13. The fraction of sp³-hybridized carbons (Fsp3) is 0.238. The minimum absolute atomic E-state index is 0.193. The van der Waals surface area contributed by atoms with Crippen LogP contribution in [0, 0.1) is 0 Å². The Bertz CT molecular complexity index is 915. The van der Waals surface area contributed by atoms with Crippen molar-refractivity contribution < 1.29 is 14.3 Å². The van der Waals surface area contributed by atoms with Gasteiger partial charge in [-0.25, -0.2) is 4.79 Å². The molecule has 0 aliphatic carbocycles. The van der Waals surface area contributed by atoms with E-state index in [-0.39, 0.29) is 5.91 Å². The Morgan fingerprint density at radius 3 is 2.48 bits per heavy atom. The number of ether oxygens (including phenoxy) is 1. The van der Waals surface area contributed by atoms with Gasteiger partial charge in [-0.3, -0.25) is 4.79 Å². The zero-order chi connectivity index (χ0) is 19.6. The van der Waals surface area contributed by atoms with Crippen LogP contribution in [-0.2, 0) is 16.1 Å². The van der Waals surface area contributed by atoms with E-state index in [1.165, 1.54) is 12.7 Å². The minimum Gasteiger partial charge on any atom is -0.465 e. The van der Waals surface area contributed by atoms with Crippen LogP contribution < -0.4 is 10.6 Å². The Kier molecular flexibility index (Phi) is 5.28. The van der Waals surface area contributed by atoms with E-state index in [2.05, 4.69) is 27.7 Å². The van der Waals surface area contributed by atoms with Crippen LogP contribution in [0.5, 0.6) is 0 Å². The number of nitrogens with zero attached hydrogens (tertiary/aromatic N) is 1. The molecule has 2 N–H and O–H groups in total. The van der Waals surface area contributed by atoms with Crippen molar-refractivity contribution in [2.45, 2.75) is 13.5 Å². The summed E-state index contributed by atoms with van der Waals surface area (Å²) in [5, 5.41) is 6.11. The Balaban J connectivity index is 1.86. The lowest BCUT2D eigenvalue weighted by atomic mass is 10.0. The molecule has 1 heterocycles. The van der Waals surface area contributed by atoms with Crippen molar-refractivity contribution in [1.29, 1.82) is 0 Å². The van der Waals surface area contributed by atoms with Gasteiger partial charge in [-0.15, -0.1) is 0 Å². The number of carbonyl (C=O) groups is 2. The van der Waals surface area contributed by atoms with Gasteiger partial charge < -0.3 is 20.3 Å². The maximum atomic E-state index is 12.5. The number of benzene rings is 2. The Hall–Kier alpha value is -3.12. The predicted molar refractivity (Wildman–Crippen MR) is 106 cm³/mol. The molecule has 0 saturated carbocycles. The van der Waals surface area contributed by atoms with Crippen LogP contribution in [0.1, 0.15) is 28.4 Å². The molecular formula is C21H23N3O3. The summed E-state index contributed by atoms with van der Waals surface area (Å²) < 4.78 is 4.73. The number of esters is 1. The molecule has 0 bridgehead atoms. The topological polar surface area (TPSA) is 70.7 Å². The van der Waals surface area contributed by atoms with Gasteiger partial charge in [0.15, 0.2) is 0 Å². The van der Waals surface area contributed by atoms with Crippen LogP contribution in [0.2, 0.25) is 0 Å². The van der Waals surface area contributed by atoms with Crippen LogP contribution in [0.25, 0.3) is 5.57 Å². The monoisotopic (exact) mass is 365 g/mol. The van der Waals surface area contributed by atoms with Crippen molar-refractivity contribution in [3.8, 4) is 0 Å². The summed E-state index contributed by atoms with van der Waals surface area (Å²) in [4.78, 5) is 26.3. The average Bonchev–Trinajstić information content (AvgIpc) is 2.97. The number of hydrogen-bond donors (Lipinski definition) is 2. The Labute approximate surface area is 158 Å². The summed E-state index contributed by atoms with van der Waals surface area (Å²) in [5.74, 6) is -0.626. The number of amides is 1. The molecule has 0 saturated heterocycles. The first-order chi connectivity index (χ1) is 12.9. The number of rotatable bonds is 5. The number of hydrogen-bond acceptors (Lipinski definition) is 5. The third-order valence-electron chi connectivity index (χ3n) is 4.34. The smallest absolute Gasteiger partial charge is 0.337 e. The third kappa shape index (κ3) is 4.01. The van der Waals surface area contributed by atoms with Crippen molar-refractivity contribution in [1.82, 2.24) is 4.90 Å². The molecule has 0 fully saturated rings. The Morgan fingerprint density at radius 1 is 1.15 bits per heavy atom. The normalized spacial score (nSPS) is 14.6. The fourth-order valence-corrected chi connectivity index (χ4v) is 3.13. The molecule has 0 aromatic heterocycles. The zero-order valence-corrected chi connectivity index (χ0v) is 15.9. The SMILES string of the molecule is COC(=O)c1ccc2c(c1)NC(=O)C2=C(C)Nc1ccc(CN(C)C)cc1. The number of fused-ring (bicyclic) bond motifs is 1. The molecule has 3 rings (SSSR count). The van der Waals surface area contributed by atoms with Gasteiger partial charge in [0.2, 0.25) is 0 Å². The third-order valence-corrected chi connectivity index (χ3v) is 4.34. The van der Waals surface area contributed by atoms with Gasteiger partial charge in [-0.05, 0) is 50.8 Å². The molecule has 140 valence electrons. The molecule has 2 aromatic rings. The zero-order valence-electron chi connectivity index (χ0n) is 15.9. The van der Waals surface area contributed by atoms with Crippen LogP contribution in [0.4, 0.5) is 11.4 Å². The summed E-state index contributed by atoms with van der Waals surface area (Å²) in [5.41, 5.74) is 5.23. The lowest BCUT2D eigenvalue weighted by molar-refractivity contribution is -0.110. The van der Waals surface area contributed by atoms with Gasteiger partial charge in [-0.2, -0.15) is 0 Å². The molecule has 6 nitrogen and oxygen atoms in total. The number of nitrogens with one attached hydrogen (secondary N) is 2. The van der Waals surface area contributed by atoms with E-state index in [0.29, 0.717) is 16.8 Å². The standard InChI is InChI=1S/C21H23N3O3/c1-13(22-16-8-5-14(6-9-16)12-24(2)3)19-17-10-7-15(21(26)27-4)11-18(17)23-20(19)25/h5-11,22H,12H2,1-4H3,(H,23,25). The summed E-state index contributed by atoms with van der Waals surface area (Å²) in [6, 6.07) is 13.2. The van der Waals surface area contributed by atoms with Gasteiger partial charge in [-0.1, -0.05) is 18.2 Å². The second-order valence-corrected chi connectivity index (χ2v) is 6.77. The van der Waals surface area contributed by atoms with E-state index in [1.54, 1.807) is 18.2 Å². The molecule has 2 aromatic carbocycles. The van der Waals surface area contributed by atoms with Crippen molar-refractivity contribution in [3.05, 3.63) is 64.9 Å². The molecule has 0 unspecified atom stereocenters. The largest absolute Gasteiger partial charge is 0.465 e. The maximum Gasteiger partial charge on any atom is 0.337 e. The molecule has 1 amide bonds. The van der Waals surface area contributed by atoms with E-state index in [4.69, 9.17) is 4.74 Å². The van der Waals surface area contributed by atoms with Gasteiger partial charge in [0.1, 0.15) is 0 Å². The Morgan fingerprint density at radius 2 is 1.85 bits per heavy atom. The minimum atomic E-state index is -0.433. The van der Waals surface area contributed by atoms with Crippen LogP contribution in [0.15, 0.2) is 48.2 Å². The van der Waals surface area contributed by atoms with Crippen LogP contribution in [-0.4, -0.2) is 38.0 Å². The molecule has 1 aliphatic heterocycles. The second kappa shape index (κ2) is 7.63. The molecule has 0 spiro atoms. The summed E-state index contributed by atoms with van der Waals surface area (Å²) in [6.07, 6.45) is 0. The highest BCUT2D eigenvalue weighted by Gasteiger charge is 2.27. The highest BCUT2D eigenvalue weighted by Crippen LogP contribution is 2.35. The lowest BCUT2D eigenvalue weighted by Crippen LogP contribution is -2.11. The summed E-state index contributed by atoms with van der Waals surface area (Å²) in [6.45, 7) is 2.74.